The van der Waals surface area contributed by atoms with Crippen LogP contribution in [0.15, 0.2) is 42.5 Å². The lowest BCUT2D eigenvalue weighted by Crippen LogP contribution is -2.18. The Hall–Kier alpha value is -2.50. The van der Waals surface area contributed by atoms with Crippen LogP contribution in [0.25, 0.3) is 0 Å². The maximum Gasteiger partial charge on any atom is 0.311 e. The van der Waals surface area contributed by atoms with Crippen molar-refractivity contribution in [2.45, 2.75) is 12.1 Å². The van der Waals surface area contributed by atoms with E-state index in [0.29, 0.717) is 11.3 Å². The zero-order chi connectivity index (χ0) is 20.0. The fourth-order valence-corrected chi connectivity index (χ4v) is 4.76. The molecule has 2 aromatic rings. The van der Waals surface area contributed by atoms with Gasteiger partial charge in [-0.05, 0) is 11.6 Å². The van der Waals surface area contributed by atoms with Crippen LogP contribution >= 0.6 is 7.37 Å². The summed E-state index contributed by atoms with van der Waals surface area (Å²) in [4.78, 5) is 22.3. The quantitative estimate of drug-likeness (QED) is 0.629. The monoisotopic (exact) mass is 394 g/mol. The molecule has 0 saturated carbocycles. The summed E-state index contributed by atoms with van der Waals surface area (Å²) in [6.45, 7) is 0. The maximum atomic E-state index is 12.7. The highest BCUT2D eigenvalue weighted by Gasteiger charge is 2.34. The smallest absolute Gasteiger partial charge is 0.311 e. The molecule has 27 heavy (non-hydrogen) atoms. The Morgan fingerprint density at radius 3 is 2.15 bits per heavy atom. The highest BCUT2D eigenvalue weighted by molar-refractivity contribution is 7.57. The molecule has 0 aliphatic heterocycles. The van der Waals surface area contributed by atoms with Gasteiger partial charge in [-0.1, -0.05) is 36.4 Å². The van der Waals surface area contributed by atoms with E-state index in [2.05, 4.69) is 0 Å². The molecule has 2 atom stereocenters. The molecule has 2 unspecified atom stereocenters. The predicted octanol–water partition coefficient (Wildman–Crippen LogP) is 3.35. The van der Waals surface area contributed by atoms with Crippen molar-refractivity contribution >= 4 is 13.3 Å². The minimum atomic E-state index is -3.77. The number of ether oxygens (including phenoxy) is 3. The molecule has 0 aliphatic carbocycles. The second-order valence-electron chi connectivity index (χ2n) is 5.99. The molecule has 8 heteroatoms. The summed E-state index contributed by atoms with van der Waals surface area (Å²) < 4.78 is 28.6. The standard InChI is InChI=1S/C19H23O7P/c1-24-16-10-9-14(17(25-2)18(16)26-3)15(19(20)21)12-27(22,23)11-13-7-5-4-6-8-13/h4-10,15H,11-12H2,1-3H3,(H,20,21)(H,22,23). The van der Waals surface area contributed by atoms with Crippen LogP contribution in [0.3, 0.4) is 0 Å². The molecule has 0 spiro atoms. The summed E-state index contributed by atoms with van der Waals surface area (Å²) in [5, 5.41) is 9.71. The summed E-state index contributed by atoms with van der Waals surface area (Å²) in [6.07, 6.45) is -0.531. The Bertz CT molecular complexity index is 835. The van der Waals surface area contributed by atoms with Crippen LogP contribution in [-0.4, -0.2) is 43.5 Å². The van der Waals surface area contributed by atoms with Gasteiger partial charge in [0, 0.05) is 17.9 Å². The lowest BCUT2D eigenvalue weighted by molar-refractivity contribution is -0.138. The first-order valence-electron chi connectivity index (χ1n) is 8.19. The molecule has 0 bridgehead atoms. The van der Waals surface area contributed by atoms with Gasteiger partial charge >= 0.3 is 5.97 Å². The summed E-state index contributed by atoms with van der Waals surface area (Å²) in [5.74, 6) is -1.68. The van der Waals surface area contributed by atoms with Gasteiger partial charge < -0.3 is 24.2 Å². The fraction of sp³-hybridized carbons (Fsp3) is 0.316. The van der Waals surface area contributed by atoms with E-state index in [0.717, 1.165) is 0 Å². The second kappa shape index (κ2) is 8.93. The van der Waals surface area contributed by atoms with Crippen LogP contribution in [0, 0.1) is 0 Å². The first kappa shape index (κ1) is 20.8. The number of carbonyl (C=O) groups is 1. The summed E-state index contributed by atoms with van der Waals surface area (Å²) in [7, 11) is 0.467. The second-order valence-corrected chi connectivity index (χ2v) is 8.36. The molecule has 0 saturated heterocycles. The summed E-state index contributed by atoms with van der Waals surface area (Å²) in [6, 6.07) is 11.9. The Kier molecular flexibility index (Phi) is 6.88. The Morgan fingerprint density at radius 1 is 1.00 bits per heavy atom. The third-order valence-electron chi connectivity index (χ3n) is 4.15. The first-order valence-corrected chi connectivity index (χ1v) is 10.2. The number of rotatable bonds is 9. The van der Waals surface area contributed by atoms with E-state index in [1.54, 1.807) is 36.4 Å². The number of methoxy groups -OCH3 is 3. The summed E-state index contributed by atoms with van der Waals surface area (Å²) >= 11 is 0. The minimum absolute atomic E-state index is 0.104. The van der Waals surface area contributed by atoms with Crippen molar-refractivity contribution in [3.05, 3.63) is 53.6 Å². The van der Waals surface area contributed by atoms with E-state index < -0.39 is 25.4 Å². The fourth-order valence-electron chi connectivity index (χ4n) is 2.93. The van der Waals surface area contributed by atoms with Crippen LogP contribution in [0.1, 0.15) is 17.0 Å². The van der Waals surface area contributed by atoms with Crippen molar-refractivity contribution in [3.63, 3.8) is 0 Å². The largest absolute Gasteiger partial charge is 0.493 e. The Morgan fingerprint density at radius 2 is 1.63 bits per heavy atom. The Balaban J connectivity index is 2.40. The van der Waals surface area contributed by atoms with Crippen molar-refractivity contribution in [2.75, 3.05) is 27.5 Å². The van der Waals surface area contributed by atoms with Crippen LogP contribution in [0.5, 0.6) is 17.2 Å². The normalized spacial score (nSPS) is 14.1. The lowest BCUT2D eigenvalue weighted by atomic mass is 9.99. The Labute approximate surface area is 158 Å². The molecule has 0 heterocycles. The van der Waals surface area contributed by atoms with Gasteiger partial charge in [-0.25, -0.2) is 0 Å². The molecule has 0 amide bonds. The molecule has 7 nitrogen and oxygen atoms in total. The maximum absolute atomic E-state index is 12.7. The van der Waals surface area contributed by atoms with Crippen molar-refractivity contribution in [1.82, 2.24) is 0 Å². The molecular weight excluding hydrogens is 371 g/mol. The molecule has 0 radical (unpaired) electrons. The van der Waals surface area contributed by atoms with Gasteiger partial charge in [0.1, 0.15) is 0 Å². The van der Waals surface area contributed by atoms with E-state index in [1.165, 1.54) is 27.4 Å². The van der Waals surface area contributed by atoms with Crippen molar-refractivity contribution in [3.8, 4) is 17.2 Å². The number of hydrogen-bond acceptors (Lipinski definition) is 5. The predicted molar refractivity (Wildman–Crippen MR) is 101 cm³/mol. The van der Waals surface area contributed by atoms with Gasteiger partial charge in [0.05, 0.1) is 27.2 Å². The molecule has 2 aromatic carbocycles. The minimum Gasteiger partial charge on any atom is -0.493 e. The zero-order valence-corrected chi connectivity index (χ0v) is 16.3. The number of carboxylic acid groups (broad SMARTS) is 1. The van der Waals surface area contributed by atoms with Crippen molar-refractivity contribution < 1.29 is 33.6 Å². The van der Waals surface area contributed by atoms with Crippen molar-refractivity contribution in [1.29, 1.82) is 0 Å². The van der Waals surface area contributed by atoms with Gasteiger partial charge in [0.25, 0.3) is 0 Å². The van der Waals surface area contributed by atoms with Crippen molar-refractivity contribution in [2.24, 2.45) is 0 Å². The highest BCUT2D eigenvalue weighted by atomic mass is 31.2. The topological polar surface area (TPSA) is 102 Å². The van der Waals surface area contributed by atoms with E-state index >= 15 is 0 Å². The van der Waals surface area contributed by atoms with Gasteiger partial charge in [-0.3, -0.25) is 9.36 Å². The molecule has 0 aliphatic rings. The zero-order valence-electron chi connectivity index (χ0n) is 15.4. The highest BCUT2D eigenvalue weighted by Crippen LogP contribution is 2.51. The molecule has 2 rings (SSSR count). The van der Waals surface area contributed by atoms with Gasteiger partial charge in [0.15, 0.2) is 11.5 Å². The van der Waals surface area contributed by atoms with Gasteiger partial charge in [-0.15, -0.1) is 0 Å². The average Bonchev–Trinajstić information content (AvgIpc) is 2.65. The summed E-state index contributed by atoms with van der Waals surface area (Å²) in [5.41, 5.74) is 0.928. The molecule has 0 aromatic heterocycles. The molecule has 0 fully saturated rings. The van der Waals surface area contributed by atoms with E-state index in [1.807, 2.05) is 0 Å². The van der Waals surface area contributed by atoms with Crippen LogP contribution < -0.4 is 14.2 Å². The number of hydrogen-bond donors (Lipinski definition) is 2. The third kappa shape index (κ3) is 5.02. The van der Waals surface area contributed by atoms with E-state index in [-0.39, 0.29) is 23.2 Å². The van der Waals surface area contributed by atoms with Crippen LogP contribution in [0.2, 0.25) is 0 Å². The SMILES string of the molecule is COc1ccc(C(CP(=O)(O)Cc2ccccc2)C(=O)O)c(OC)c1OC. The molecule has 146 valence electrons. The van der Waals surface area contributed by atoms with E-state index in [9.17, 15) is 19.4 Å². The number of aliphatic carboxylic acids is 1. The number of benzene rings is 2. The average molecular weight is 394 g/mol. The number of carboxylic acids is 1. The van der Waals surface area contributed by atoms with Crippen LogP contribution in [-0.2, 0) is 15.5 Å². The van der Waals surface area contributed by atoms with Gasteiger partial charge in [0.2, 0.25) is 13.1 Å². The lowest BCUT2D eigenvalue weighted by Gasteiger charge is -2.22. The first-order chi connectivity index (χ1) is 12.8. The van der Waals surface area contributed by atoms with Gasteiger partial charge in [-0.2, -0.15) is 0 Å². The molecule has 2 N–H and O–H groups in total. The van der Waals surface area contributed by atoms with Crippen LogP contribution in [0.4, 0.5) is 0 Å². The molecular formula is C19H23O7P. The van der Waals surface area contributed by atoms with E-state index in [4.69, 9.17) is 14.2 Å². The third-order valence-corrected chi connectivity index (χ3v) is 5.94.